The maximum absolute atomic E-state index is 13.8. The van der Waals surface area contributed by atoms with Crippen molar-refractivity contribution in [3.8, 4) is 10.4 Å². The highest BCUT2D eigenvalue weighted by Crippen LogP contribution is 2.33. The zero-order valence-corrected chi connectivity index (χ0v) is 13.0. The Labute approximate surface area is 123 Å². The Morgan fingerprint density at radius 2 is 1.95 bits per heavy atom. The first-order chi connectivity index (χ1) is 8.97. The molecule has 0 aliphatic carbocycles. The largest absolute Gasteiger partial charge is 0.310 e. The van der Waals surface area contributed by atoms with E-state index in [1.165, 1.54) is 17.4 Å². The molecule has 2 rings (SSSR count). The lowest BCUT2D eigenvalue weighted by Gasteiger charge is -2.05. The summed E-state index contributed by atoms with van der Waals surface area (Å²) in [7, 11) is 0. The van der Waals surface area contributed by atoms with Gasteiger partial charge in [-0.15, -0.1) is 11.3 Å². The van der Waals surface area contributed by atoms with Gasteiger partial charge in [0.05, 0.1) is 4.47 Å². The third-order valence-corrected chi connectivity index (χ3v) is 4.35. The van der Waals surface area contributed by atoms with Crippen LogP contribution in [-0.2, 0) is 6.54 Å². The molecule has 1 aromatic heterocycles. The summed E-state index contributed by atoms with van der Waals surface area (Å²) in [5.41, 5.74) is 0.425. The molecule has 19 heavy (non-hydrogen) atoms. The van der Waals surface area contributed by atoms with Gasteiger partial charge in [-0.25, -0.2) is 8.78 Å². The van der Waals surface area contributed by atoms with Gasteiger partial charge < -0.3 is 5.32 Å². The lowest BCUT2D eigenvalue weighted by Crippen LogP contribution is -2.21. The molecule has 0 bridgehead atoms. The van der Waals surface area contributed by atoms with E-state index in [2.05, 4.69) is 35.1 Å². The van der Waals surface area contributed by atoms with Gasteiger partial charge in [-0.1, -0.05) is 13.8 Å². The number of benzene rings is 1. The lowest BCUT2D eigenvalue weighted by molar-refractivity contribution is 0.581. The first-order valence-corrected chi connectivity index (χ1v) is 7.55. The Kier molecular flexibility index (Phi) is 4.71. The second-order valence-corrected chi connectivity index (χ2v) is 6.57. The van der Waals surface area contributed by atoms with Crippen LogP contribution in [0.4, 0.5) is 8.78 Å². The van der Waals surface area contributed by atoms with Gasteiger partial charge in [0.1, 0.15) is 11.6 Å². The van der Waals surface area contributed by atoms with Crippen molar-refractivity contribution in [2.75, 3.05) is 0 Å². The molecule has 1 nitrogen and oxygen atoms in total. The zero-order valence-electron chi connectivity index (χ0n) is 10.6. The number of thiophene rings is 1. The van der Waals surface area contributed by atoms with E-state index in [1.807, 2.05) is 12.1 Å². The number of rotatable bonds is 4. The van der Waals surface area contributed by atoms with E-state index < -0.39 is 11.6 Å². The molecule has 0 spiro atoms. The Morgan fingerprint density at radius 1 is 1.21 bits per heavy atom. The van der Waals surface area contributed by atoms with Crippen LogP contribution >= 0.6 is 27.3 Å². The average Bonchev–Trinajstić information content (AvgIpc) is 2.80. The Balaban J connectivity index is 2.25. The number of hydrogen-bond donors (Lipinski definition) is 1. The maximum Gasteiger partial charge on any atom is 0.140 e. The molecule has 2 aromatic rings. The Morgan fingerprint density at radius 3 is 2.63 bits per heavy atom. The summed E-state index contributed by atoms with van der Waals surface area (Å²) in [4.78, 5) is 1.93. The molecule has 0 saturated carbocycles. The fraction of sp³-hybridized carbons (Fsp3) is 0.286. The van der Waals surface area contributed by atoms with Gasteiger partial charge in [0, 0.05) is 34.0 Å². The molecule has 0 amide bonds. The van der Waals surface area contributed by atoms with Crippen LogP contribution in [-0.4, -0.2) is 6.04 Å². The lowest BCUT2D eigenvalue weighted by atomic mass is 10.2. The molecular weight excluding hydrogens is 332 g/mol. The molecule has 0 atom stereocenters. The summed E-state index contributed by atoms with van der Waals surface area (Å²) in [6.07, 6.45) is 0. The predicted molar refractivity (Wildman–Crippen MR) is 79.3 cm³/mol. The maximum atomic E-state index is 13.8. The highest BCUT2D eigenvalue weighted by molar-refractivity contribution is 9.10. The van der Waals surface area contributed by atoms with E-state index in [0.29, 0.717) is 11.6 Å². The fourth-order valence-electron chi connectivity index (χ4n) is 1.63. The number of hydrogen-bond acceptors (Lipinski definition) is 2. The molecule has 0 saturated heterocycles. The first kappa shape index (κ1) is 14.6. The minimum atomic E-state index is -0.584. The van der Waals surface area contributed by atoms with Gasteiger partial charge in [-0.3, -0.25) is 0 Å². The van der Waals surface area contributed by atoms with Crippen molar-refractivity contribution >= 4 is 27.3 Å². The molecule has 0 radical (unpaired) electrons. The van der Waals surface area contributed by atoms with E-state index in [4.69, 9.17) is 0 Å². The molecule has 102 valence electrons. The van der Waals surface area contributed by atoms with Crippen molar-refractivity contribution in [2.24, 2.45) is 0 Å². The van der Waals surface area contributed by atoms with Crippen LogP contribution in [0.3, 0.4) is 0 Å². The molecule has 0 unspecified atom stereocenters. The predicted octanol–water partition coefficient (Wildman–Crippen LogP) is 4.95. The normalized spacial score (nSPS) is 11.3. The molecule has 1 aromatic carbocycles. The van der Waals surface area contributed by atoms with Crippen LogP contribution in [0.2, 0.25) is 0 Å². The fourth-order valence-corrected chi connectivity index (χ4v) is 2.95. The smallest absolute Gasteiger partial charge is 0.140 e. The molecule has 1 heterocycles. The topological polar surface area (TPSA) is 12.0 Å². The highest BCUT2D eigenvalue weighted by Gasteiger charge is 2.12. The summed E-state index contributed by atoms with van der Waals surface area (Å²) >= 11 is 4.60. The van der Waals surface area contributed by atoms with Crippen molar-refractivity contribution in [1.29, 1.82) is 0 Å². The Hall–Kier alpha value is -0.780. The van der Waals surface area contributed by atoms with E-state index in [-0.39, 0.29) is 4.47 Å². The van der Waals surface area contributed by atoms with Crippen LogP contribution in [0.15, 0.2) is 28.7 Å². The van der Waals surface area contributed by atoms with Crippen LogP contribution in [0.1, 0.15) is 18.7 Å². The van der Waals surface area contributed by atoms with E-state index in [9.17, 15) is 8.78 Å². The van der Waals surface area contributed by atoms with Gasteiger partial charge in [0.25, 0.3) is 0 Å². The second-order valence-electron chi connectivity index (χ2n) is 4.55. The number of halogens is 3. The summed E-state index contributed by atoms with van der Waals surface area (Å²) in [5.74, 6) is -1.12. The minimum Gasteiger partial charge on any atom is -0.310 e. The standard InChI is InChI=1S/C14H14BrF2NS/c1-8(2)18-7-9-3-4-14(19-9)10-5-11(15)13(17)6-12(10)16/h3-6,8,18H,7H2,1-2H3. The van der Waals surface area contributed by atoms with Gasteiger partial charge >= 0.3 is 0 Å². The highest BCUT2D eigenvalue weighted by atomic mass is 79.9. The molecule has 0 fully saturated rings. The van der Waals surface area contributed by atoms with Crippen LogP contribution in [0.5, 0.6) is 0 Å². The second kappa shape index (κ2) is 6.11. The molecule has 1 N–H and O–H groups in total. The van der Waals surface area contributed by atoms with E-state index in [0.717, 1.165) is 22.4 Å². The molecule has 0 aliphatic rings. The third-order valence-electron chi connectivity index (χ3n) is 2.62. The van der Waals surface area contributed by atoms with Crippen molar-refractivity contribution in [1.82, 2.24) is 5.32 Å². The first-order valence-electron chi connectivity index (χ1n) is 5.94. The van der Waals surface area contributed by atoms with E-state index in [1.54, 1.807) is 0 Å². The van der Waals surface area contributed by atoms with Crippen LogP contribution < -0.4 is 5.32 Å². The Bertz CT molecular complexity index is 581. The summed E-state index contributed by atoms with van der Waals surface area (Å²) < 4.78 is 27.2. The zero-order chi connectivity index (χ0) is 14.0. The SMILES string of the molecule is CC(C)NCc1ccc(-c2cc(Br)c(F)cc2F)s1. The third kappa shape index (κ3) is 3.61. The summed E-state index contributed by atoms with van der Waals surface area (Å²) in [5, 5.41) is 3.31. The molecular formula is C14H14BrF2NS. The minimum absolute atomic E-state index is 0.277. The van der Waals surface area contributed by atoms with Gasteiger partial charge in [0.15, 0.2) is 0 Å². The monoisotopic (exact) mass is 345 g/mol. The summed E-state index contributed by atoms with van der Waals surface area (Å²) in [6, 6.07) is 6.63. The van der Waals surface area contributed by atoms with Gasteiger partial charge in [-0.05, 0) is 34.1 Å². The van der Waals surface area contributed by atoms with Gasteiger partial charge in [-0.2, -0.15) is 0 Å². The van der Waals surface area contributed by atoms with Crippen molar-refractivity contribution in [3.63, 3.8) is 0 Å². The van der Waals surface area contributed by atoms with Crippen LogP contribution in [0.25, 0.3) is 10.4 Å². The number of nitrogens with one attached hydrogen (secondary N) is 1. The van der Waals surface area contributed by atoms with Gasteiger partial charge in [0.2, 0.25) is 0 Å². The van der Waals surface area contributed by atoms with E-state index >= 15 is 0 Å². The van der Waals surface area contributed by atoms with Crippen molar-refractivity contribution in [2.45, 2.75) is 26.4 Å². The van der Waals surface area contributed by atoms with Crippen LogP contribution in [0, 0.1) is 11.6 Å². The summed E-state index contributed by atoms with van der Waals surface area (Å²) in [6.45, 7) is 4.91. The average molecular weight is 346 g/mol. The molecule has 5 heteroatoms. The quantitative estimate of drug-likeness (QED) is 0.772. The van der Waals surface area contributed by atoms with Crippen molar-refractivity contribution < 1.29 is 8.78 Å². The molecule has 0 aliphatic heterocycles. The van der Waals surface area contributed by atoms with Crippen molar-refractivity contribution in [3.05, 3.63) is 45.2 Å².